The topological polar surface area (TPSA) is 61.4 Å². The molecule has 24 heavy (non-hydrogen) atoms. The van der Waals surface area contributed by atoms with Crippen molar-refractivity contribution < 1.29 is 9.59 Å². The van der Waals surface area contributed by atoms with Gasteiger partial charge in [-0.1, -0.05) is 43.2 Å². The van der Waals surface area contributed by atoms with Crippen LogP contribution in [-0.2, 0) is 4.79 Å². The average Bonchev–Trinajstić information content (AvgIpc) is 2.57. The van der Waals surface area contributed by atoms with Gasteiger partial charge in [0.05, 0.1) is 11.4 Å². The highest BCUT2D eigenvalue weighted by Gasteiger charge is 2.36. The van der Waals surface area contributed by atoms with E-state index in [1.807, 2.05) is 62.4 Å². The van der Waals surface area contributed by atoms with Crippen LogP contribution in [0.2, 0.25) is 0 Å². The third kappa shape index (κ3) is 3.11. The number of aryl methyl sites for hydroxylation is 1. The van der Waals surface area contributed by atoms with Crippen molar-refractivity contribution in [1.29, 1.82) is 0 Å². The first-order chi connectivity index (χ1) is 11.6. The van der Waals surface area contributed by atoms with Crippen LogP contribution in [0, 0.1) is 6.92 Å². The summed E-state index contributed by atoms with van der Waals surface area (Å²) < 4.78 is 0. The molecule has 2 aromatic carbocycles. The highest BCUT2D eigenvalue weighted by molar-refractivity contribution is 6.14. The lowest BCUT2D eigenvalue weighted by Crippen LogP contribution is -2.52. The van der Waals surface area contributed by atoms with Crippen molar-refractivity contribution in [2.24, 2.45) is 0 Å². The van der Waals surface area contributed by atoms with Crippen molar-refractivity contribution >= 4 is 29.0 Å². The molecule has 0 saturated carbocycles. The van der Waals surface area contributed by atoms with Gasteiger partial charge in [0.15, 0.2) is 0 Å². The maximum absolute atomic E-state index is 12.9. The minimum absolute atomic E-state index is 0.144. The predicted octanol–water partition coefficient (Wildman–Crippen LogP) is 4.15. The monoisotopic (exact) mass is 323 g/mol. The average molecular weight is 323 g/mol. The molecule has 1 aliphatic rings. The number of para-hydroxylation sites is 2. The van der Waals surface area contributed by atoms with Gasteiger partial charge in [0.1, 0.15) is 6.04 Å². The molecule has 0 unspecified atom stereocenters. The van der Waals surface area contributed by atoms with E-state index < -0.39 is 6.04 Å². The molecule has 3 amide bonds. The van der Waals surface area contributed by atoms with E-state index in [1.54, 1.807) is 4.90 Å². The summed E-state index contributed by atoms with van der Waals surface area (Å²) in [5.41, 5.74) is 3.22. The molecule has 1 aliphatic heterocycles. The second-order valence-corrected chi connectivity index (χ2v) is 5.98. The van der Waals surface area contributed by atoms with E-state index in [0.29, 0.717) is 17.8 Å². The summed E-state index contributed by atoms with van der Waals surface area (Å²) in [6.45, 7) is 4.00. The van der Waals surface area contributed by atoms with Gasteiger partial charge in [-0.05, 0) is 37.6 Å². The van der Waals surface area contributed by atoms with Gasteiger partial charge < -0.3 is 10.6 Å². The summed E-state index contributed by atoms with van der Waals surface area (Å²) in [6.07, 6.45) is 1.43. The molecule has 3 rings (SSSR count). The zero-order chi connectivity index (χ0) is 17.1. The van der Waals surface area contributed by atoms with E-state index in [0.717, 1.165) is 17.7 Å². The number of carbonyl (C=O) groups is 2. The number of nitrogens with one attached hydrogen (secondary N) is 2. The van der Waals surface area contributed by atoms with Crippen LogP contribution in [0.4, 0.5) is 21.9 Å². The summed E-state index contributed by atoms with van der Waals surface area (Å²) in [5, 5.41) is 5.79. The van der Waals surface area contributed by atoms with Crippen molar-refractivity contribution in [3.8, 4) is 0 Å². The van der Waals surface area contributed by atoms with Gasteiger partial charge in [-0.2, -0.15) is 0 Å². The van der Waals surface area contributed by atoms with E-state index in [2.05, 4.69) is 10.6 Å². The molecule has 0 saturated heterocycles. The second kappa shape index (κ2) is 6.74. The van der Waals surface area contributed by atoms with Gasteiger partial charge >= 0.3 is 6.03 Å². The maximum Gasteiger partial charge on any atom is 0.327 e. The molecular formula is C19H21N3O2. The number of anilines is 3. The van der Waals surface area contributed by atoms with Crippen molar-refractivity contribution in [2.45, 2.75) is 32.7 Å². The zero-order valence-electron chi connectivity index (χ0n) is 13.9. The SMILES string of the molecule is CCC[C@H]1C(=O)Nc2ccccc2N1C(=O)Nc1ccc(C)cc1. The molecule has 1 atom stereocenters. The van der Waals surface area contributed by atoms with Crippen LogP contribution in [-0.4, -0.2) is 18.0 Å². The maximum atomic E-state index is 12.9. The normalized spacial score (nSPS) is 16.3. The number of benzene rings is 2. The van der Waals surface area contributed by atoms with Crippen LogP contribution in [0.1, 0.15) is 25.3 Å². The van der Waals surface area contributed by atoms with Crippen LogP contribution < -0.4 is 15.5 Å². The molecule has 0 aromatic heterocycles. The molecule has 2 N–H and O–H groups in total. The smallest absolute Gasteiger partial charge is 0.322 e. The first-order valence-electron chi connectivity index (χ1n) is 8.17. The minimum atomic E-state index is -0.504. The Morgan fingerprint density at radius 1 is 1.17 bits per heavy atom. The van der Waals surface area contributed by atoms with Crippen LogP contribution in [0.25, 0.3) is 0 Å². The molecule has 0 spiro atoms. The number of hydrogen-bond acceptors (Lipinski definition) is 2. The lowest BCUT2D eigenvalue weighted by molar-refractivity contribution is -0.117. The largest absolute Gasteiger partial charge is 0.327 e. The predicted molar refractivity (Wildman–Crippen MR) is 96.4 cm³/mol. The summed E-state index contributed by atoms with van der Waals surface area (Å²) in [6, 6.07) is 14.2. The summed E-state index contributed by atoms with van der Waals surface area (Å²) in [7, 11) is 0. The third-order valence-corrected chi connectivity index (χ3v) is 4.12. The highest BCUT2D eigenvalue weighted by Crippen LogP contribution is 2.33. The van der Waals surface area contributed by atoms with Gasteiger partial charge in [0, 0.05) is 5.69 Å². The summed E-state index contributed by atoms with van der Waals surface area (Å²) in [4.78, 5) is 26.9. The molecule has 0 bridgehead atoms. The number of amides is 3. The number of rotatable bonds is 3. The van der Waals surface area contributed by atoms with Crippen LogP contribution in [0.3, 0.4) is 0 Å². The van der Waals surface area contributed by atoms with Crippen molar-refractivity contribution in [2.75, 3.05) is 15.5 Å². The van der Waals surface area contributed by atoms with Gasteiger partial charge in [0.2, 0.25) is 5.91 Å². The Kier molecular flexibility index (Phi) is 4.51. The van der Waals surface area contributed by atoms with Gasteiger partial charge in [-0.15, -0.1) is 0 Å². The Bertz CT molecular complexity index is 755. The van der Waals surface area contributed by atoms with E-state index in [4.69, 9.17) is 0 Å². The Balaban J connectivity index is 1.93. The molecule has 5 nitrogen and oxygen atoms in total. The Morgan fingerprint density at radius 3 is 2.58 bits per heavy atom. The van der Waals surface area contributed by atoms with Gasteiger partial charge in [-0.25, -0.2) is 4.79 Å². The van der Waals surface area contributed by atoms with Crippen LogP contribution in [0.15, 0.2) is 48.5 Å². The van der Waals surface area contributed by atoms with Crippen molar-refractivity contribution in [3.63, 3.8) is 0 Å². The zero-order valence-corrected chi connectivity index (χ0v) is 13.9. The van der Waals surface area contributed by atoms with Crippen LogP contribution >= 0.6 is 0 Å². The van der Waals surface area contributed by atoms with E-state index in [1.165, 1.54) is 0 Å². The standard InChI is InChI=1S/C19H21N3O2/c1-3-6-17-18(23)21-15-7-4-5-8-16(15)22(17)19(24)20-14-11-9-13(2)10-12-14/h4-5,7-12,17H,3,6H2,1-2H3,(H,20,24)(H,21,23)/t17-/m0/s1. The minimum Gasteiger partial charge on any atom is -0.322 e. The van der Waals surface area contributed by atoms with Gasteiger partial charge in [0.25, 0.3) is 0 Å². The molecular weight excluding hydrogens is 302 g/mol. The molecule has 0 fully saturated rings. The fourth-order valence-corrected chi connectivity index (χ4v) is 2.90. The van der Waals surface area contributed by atoms with E-state index in [9.17, 15) is 9.59 Å². The van der Waals surface area contributed by atoms with Gasteiger partial charge in [-0.3, -0.25) is 9.69 Å². The Hall–Kier alpha value is -2.82. The quantitative estimate of drug-likeness (QED) is 0.891. The number of carbonyl (C=O) groups excluding carboxylic acids is 2. The third-order valence-electron chi connectivity index (χ3n) is 4.12. The van der Waals surface area contributed by atoms with Crippen molar-refractivity contribution in [3.05, 3.63) is 54.1 Å². The number of nitrogens with zero attached hydrogens (tertiary/aromatic N) is 1. The molecule has 0 radical (unpaired) electrons. The van der Waals surface area contributed by atoms with E-state index in [-0.39, 0.29) is 11.9 Å². The Morgan fingerprint density at radius 2 is 1.88 bits per heavy atom. The lowest BCUT2D eigenvalue weighted by Gasteiger charge is -2.36. The molecule has 5 heteroatoms. The number of urea groups is 1. The molecule has 0 aliphatic carbocycles. The molecule has 2 aromatic rings. The fourth-order valence-electron chi connectivity index (χ4n) is 2.90. The number of fused-ring (bicyclic) bond motifs is 1. The molecule has 124 valence electrons. The molecule has 1 heterocycles. The first kappa shape index (κ1) is 16.1. The highest BCUT2D eigenvalue weighted by atomic mass is 16.2. The summed E-state index contributed by atoms with van der Waals surface area (Å²) >= 11 is 0. The van der Waals surface area contributed by atoms with E-state index >= 15 is 0 Å². The Labute approximate surface area is 141 Å². The summed E-state index contributed by atoms with van der Waals surface area (Å²) in [5.74, 6) is -0.144. The number of hydrogen-bond donors (Lipinski definition) is 2. The second-order valence-electron chi connectivity index (χ2n) is 5.98. The lowest BCUT2D eigenvalue weighted by atomic mass is 10.0. The van der Waals surface area contributed by atoms with Crippen LogP contribution in [0.5, 0.6) is 0 Å². The van der Waals surface area contributed by atoms with Crippen molar-refractivity contribution in [1.82, 2.24) is 0 Å². The first-order valence-corrected chi connectivity index (χ1v) is 8.17. The fraction of sp³-hybridized carbons (Fsp3) is 0.263.